The Hall–Kier alpha value is -4.93. The third-order valence-electron chi connectivity index (χ3n) is 6.42. The molecule has 0 spiro atoms. The van der Waals surface area contributed by atoms with E-state index >= 15 is 0 Å². The maximum atomic E-state index is 13.9. The molecule has 1 aromatic carbocycles. The van der Waals surface area contributed by atoms with Gasteiger partial charge in [-0.2, -0.15) is 27.1 Å². The molecule has 0 fully saturated rings. The van der Waals surface area contributed by atoms with Gasteiger partial charge >= 0.3 is 6.18 Å². The Bertz CT molecular complexity index is 1920. The number of aryl methyl sites for hydroxylation is 1. The van der Waals surface area contributed by atoms with Crippen LogP contribution in [0.3, 0.4) is 0 Å². The zero-order chi connectivity index (χ0) is 32.1. The number of alkyl halides is 3. The number of benzene rings is 1. The average Bonchev–Trinajstić information content (AvgIpc) is 3.68. The molecule has 0 aliphatic carbocycles. The summed E-state index contributed by atoms with van der Waals surface area (Å²) in [6, 6.07) is 3.05. The average molecular weight is 642 g/mol. The first-order valence-electron chi connectivity index (χ1n) is 12.4. The van der Waals surface area contributed by atoms with E-state index < -0.39 is 65.1 Å². The van der Waals surface area contributed by atoms with Gasteiger partial charge in [-0.05, 0) is 37.6 Å². The second kappa shape index (κ2) is 11.3. The molecule has 0 atom stereocenters. The summed E-state index contributed by atoms with van der Waals surface area (Å²) in [5, 5.41) is 6.59. The zero-order valence-electron chi connectivity index (χ0n) is 22.4. The number of anilines is 1. The third-order valence-corrected chi connectivity index (χ3v) is 7.52. The monoisotopic (exact) mass is 641 g/mol. The van der Waals surface area contributed by atoms with Crippen LogP contribution < -0.4 is 15.8 Å². The van der Waals surface area contributed by atoms with E-state index in [4.69, 9.17) is 14.9 Å². The molecule has 230 valence electrons. The van der Waals surface area contributed by atoms with Crippen molar-refractivity contribution < 1.29 is 49.5 Å². The van der Waals surface area contributed by atoms with Gasteiger partial charge in [0.15, 0.2) is 23.1 Å². The molecule has 0 saturated heterocycles. The number of nitrogens with one attached hydrogen (secondary N) is 1. The van der Waals surface area contributed by atoms with Crippen molar-refractivity contribution in [3.05, 3.63) is 81.5 Å². The number of aromatic nitrogens is 3. The van der Waals surface area contributed by atoms with Gasteiger partial charge in [-0.1, -0.05) is 0 Å². The molecule has 44 heavy (non-hydrogen) atoms. The van der Waals surface area contributed by atoms with Gasteiger partial charge in [-0.15, -0.1) is 11.3 Å². The van der Waals surface area contributed by atoms with Gasteiger partial charge < -0.3 is 20.2 Å². The Morgan fingerprint density at radius 1 is 1.09 bits per heavy atom. The van der Waals surface area contributed by atoms with Gasteiger partial charge in [-0.25, -0.2) is 13.8 Å². The standard InChI is InChI=1S/C27H18F7N5O4S/c1-3-39-10(2)13(8-36-39)12-6-17(27(32,33)34)37-26-18(12)21(23(44-26)24(35)40)38-25(41)16-5-4-11(43-16)9-42-22-19(30)14(28)7-15(29)20(22)31/h4-8H,3,9H2,1-2H3,(H2,35,40)(H,38,41). The molecule has 0 aliphatic rings. The molecule has 0 bridgehead atoms. The Balaban J connectivity index is 1.53. The van der Waals surface area contributed by atoms with Crippen LogP contribution in [0, 0.1) is 30.2 Å². The van der Waals surface area contributed by atoms with Crippen molar-refractivity contribution in [3.63, 3.8) is 0 Å². The Morgan fingerprint density at radius 2 is 1.77 bits per heavy atom. The van der Waals surface area contributed by atoms with Crippen LogP contribution in [-0.2, 0) is 19.3 Å². The Morgan fingerprint density at radius 3 is 2.36 bits per heavy atom. The number of fused-ring (bicyclic) bond motifs is 1. The van der Waals surface area contributed by atoms with Gasteiger partial charge in [0.1, 0.15) is 27.8 Å². The number of pyridine rings is 1. The van der Waals surface area contributed by atoms with Gasteiger partial charge in [0, 0.05) is 29.3 Å². The number of amides is 2. The highest BCUT2D eigenvalue weighted by atomic mass is 32.1. The first-order chi connectivity index (χ1) is 20.7. The van der Waals surface area contributed by atoms with Crippen LogP contribution in [0.25, 0.3) is 21.3 Å². The van der Waals surface area contributed by atoms with Crippen molar-refractivity contribution in [1.82, 2.24) is 14.8 Å². The molecule has 9 nitrogen and oxygen atoms in total. The second-order valence-electron chi connectivity index (χ2n) is 9.17. The molecule has 2 amide bonds. The van der Waals surface area contributed by atoms with Crippen LogP contribution in [0.5, 0.6) is 5.75 Å². The molecule has 0 aliphatic heterocycles. The molecule has 0 unspecified atom stereocenters. The van der Waals surface area contributed by atoms with E-state index in [0.29, 0.717) is 23.6 Å². The minimum absolute atomic E-state index is 0.00335. The predicted octanol–water partition coefficient (Wildman–Crippen LogP) is 6.59. The number of nitrogens with zero attached hydrogens (tertiary/aromatic N) is 3. The largest absolute Gasteiger partial charge is 0.479 e. The highest BCUT2D eigenvalue weighted by Crippen LogP contribution is 2.44. The summed E-state index contributed by atoms with van der Waals surface area (Å²) in [4.78, 5) is 28.6. The van der Waals surface area contributed by atoms with Crippen LogP contribution in [0.4, 0.5) is 36.4 Å². The van der Waals surface area contributed by atoms with Crippen LogP contribution in [0.1, 0.15) is 44.3 Å². The maximum Gasteiger partial charge on any atom is 0.433 e. The lowest BCUT2D eigenvalue weighted by Crippen LogP contribution is -2.16. The lowest BCUT2D eigenvalue weighted by atomic mass is 10.0. The molecule has 0 saturated carbocycles. The van der Waals surface area contributed by atoms with E-state index in [0.717, 1.165) is 18.2 Å². The van der Waals surface area contributed by atoms with E-state index in [9.17, 15) is 40.3 Å². The highest BCUT2D eigenvalue weighted by molar-refractivity contribution is 7.21. The second-order valence-corrected chi connectivity index (χ2v) is 10.2. The molecule has 5 aromatic rings. The fourth-order valence-electron chi connectivity index (χ4n) is 4.35. The van der Waals surface area contributed by atoms with Gasteiger partial charge in [-0.3, -0.25) is 14.3 Å². The summed E-state index contributed by atoms with van der Waals surface area (Å²) < 4.78 is 108. The smallest absolute Gasteiger partial charge is 0.433 e. The first-order valence-corrected chi connectivity index (χ1v) is 13.3. The number of nitrogens with two attached hydrogens (primary N) is 1. The summed E-state index contributed by atoms with van der Waals surface area (Å²) >= 11 is 0.532. The van der Waals surface area contributed by atoms with Crippen molar-refractivity contribution >= 4 is 39.1 Å². The summed E-state index contributed by atoms with van der Waals surface area (Å²) in [7, 11) is 0. The predicted molar refractivity (Wildman–Crippen MR) is 142 cm³/mol. The van der Waals surface area contributed by atoms with E-state index in [1.807, 2.05) is 0 Å². The summed E-state index contributed by atoms with van der Waals surface area (Å²) in [5.41, 5.74) is 4.76. The highest BCUT2D eigenvalue weighted by Gasteiger charge is 2.35. The van der Waals surface area contributed by atoms with Gasteiger partial charge in [0.05, 0.1) is 11.9 Å². The number of furan rings is 1. The number of halogens is 7. The lowest BCUT2D eigenvalue weighted by molar-refractivity contribution is -0.140. The summed E-state index contributed by atoms with van der Waals surface area (Å²) in [6.45, 7) is 3.06. The summed E-state index contributed by atoms with van der Waals surface area (Å²) in [6.07, 6.45) is -3.51. The Labute approximate surface area is 246 Å². The molecule has 17 heteroatoms. The number of carbonyl (C=O) groups is 2. The van der Waals surface area contributed by atoms with E-state index in [-0.39, 0.29) is 43.7 Å². The van der Waals surface area contributed by atoms with Crippen molar-refractivity contribution in [3.8, 4) is 16.9 Å². The molecule has 3 N–H and O–H groups in total. The maximum absolute atomic E-state index is 13.9. The third kappa shape index (κ3) is 5.45. The van der Waals surface area contributed by atoms with Crippen molar-refractivity contribution in [2.24, 2.45) is 5.73 Å². The lowest BCUT2D eigenvalue weighted by Gasteiger charge is -2.12. The number of rotatable bonds is 8. The quantitative estimate of drug-likeness (QED) is 0.146. The van der Waals surface area contributed by atoms with E-state index in [1.165, 1.54) is 10.9 Å². The number of primary amides is 1. The topological polar surface area (TPSA) is 125 Å². The van der Waals surface area contributed by atoms with Crippen molar-refractivity contribution in [1.29, 1.82) is 0 Å². The fourth-order valence-corrected chi connectivity index (χ4v) is 5.36. The van der Waals surface area contributed by atoms with Crippen molar-refractivity contribution in [2.75, 3.05) is 5.32 Å². The minimum Gasteiger partial charge on any atom is -0.479 e. The number of ether oxygens (including phenoxy) is 1. The SMILES string of the molecule is CCn1ncc(-c2cc(C(F)(F)F)nc3sc(C(N)=O)c(NC(=O)c4ccc(COc5c(F)c(F)cc(F)c5F)o4)c23)c1C. The van der Waals surface area contributed by atoms with Crippen LogP contribution in [-0.4, -0.2) is 26.6 Å². The van der Waals surface area contributed by atoms with E-state index in [2.05, 4.69) is 15.4 Å². The number of carbonyl (C=O) groups excluding carboxylic acids is 2. The molecule has 4 heterocycles. The summed E-state index contributed by atoms with van der Waals surface area (Å²) in [5.74, 6) is -11.0. The van der Waals surface area contributed by atoms with Gasteiger partial charge in [0.2, 0.25) is 11.6 Å². The Kier molecular flexibility index (Phi) is 7.83. The molecule has 4 aromatic heterocycles. The van der Waals surface area contributed by atoms with Crippen LogP contribution in [0.2, 0.25) is 0 Å². The number of thiophene rings is 1. The normalized spacial score (nSPS) is 11.8. The number of hydrogen-bond acceptors (Lipinski definition) is 7. The van der Waals surface area contributed by atoms with E-state index in [1.54, 1.807) is 13.8 Å². The van der Waals surface area contributed by atoms with Crippen LogP contribution >= 0.6 is 11.3 Å². The molecule has 5 rings (SSSR count). The molecule has 0 radical (unpaired) electrons. The number of hydrogen-bond donors (Lipinski definition) is 2. The first kappa shape index (κ1) is 30.5. The van der Waals surface area contributed by atoms with Gasteiger partial charge in [0.25, 0.3) is 11.8 Å². The van der Waals surface area contributed by atoms with Crippen molar-refractivity contribution in [2.45, 2.75) is 33.2 Å². The molecular weight excluding hydrogens is 623 g/mol. The fraction of sp³-hybridized carbons (Fsp3) is 0.185. The van der Waals surface area contributed by atoms with Crippen LogP contribution in [0.15, 0.2) is 34.9 Å². The molecular formula is C27H18F7N5O4S. The minimum atomic E-state index is -4.85. The zero-order valence-corrected chi connectivity index (χ0v) is 23.2.